The first-order valence-electron chi connectivity index (χ1n) is 7.41. The van der Waals surface area contributed by atoms with Crippen molar-refractivity contribution in [1.29, 1.82) is 0 Å². The summed E-state index contributed by atoms with van der Waals surface area (Å²) in [4.78, 5) is 4.57. The van der Waals surface area contributed by atoms with Crippen LogP contribution in [0.25, 0.3) is 0 Å². The van der Waals surface area contributed by atoms with E-state index >= 15 is 0 Å². The molecular weight excluding hydrogens is 250 g/mol. The highest BCUT2D eigenvalue weighted by Gasteiger charge is 2.50. The van der Waals surface area contributed by atoms with E-state index in [1.54, 1.807) is 0 Å². The number of nitrogens with zero attached hydrogens (tertiary/aromatic N) is 2. The molecule has 2 aromatic rings. The standard InChI is InChI=1S/C16H21N3O/c1-2-3-9-13(17)14-18-15(19-20-14)16(10-11-16)12-7-5-4-6-8-12/h4-8,13H,2-3,9-11,17H2,1H3/t13-/m0/s1. The topological polar surface area (TPSA) is 64.9 Å². The number of hydrogen-bond donors (Lipinski definition) is 1. The Bertz CT molecular complexity index is 560. The molecule has 0 saturated heterocycles. The molecule has 0 aliphatic heterocycles. The average Bonchev–Trinajstić information content (AvgIpc) is 3.16. The molecule has 1 aliphatic rings. The SMILES string of the molecule is CCCC[C@H](N)c1nc(C2(c3ccccc3)CC2)no1. The Hall–Kier alpha value is -1.68. The van der Waals surface area contributed by atoms with Crippen molar-refractivity contribution in [3.8, 4) is 0 Å². The van der Waals surface area contributed by atoms with E-state index in [0.717, 1.165) is 37.9 Å². The molecule has 1 atom stereocenters. The van der Waals surface area contributed by atoms with Gasteiger partial charge >= 0.3 is 0 Å². The summed E-state index contributed by atoms with van der Waals surface area (Å²) in [6.45, 7) is 2.15. The lowest BCUT2D eigenvalue weighted by Gasteiger charge is -2.10. The van der Waals surface area contributed by atoms with Gasteiger partial charge in [0, 0.05) is 0 Å². The molecule has 1 fully saturated rings. The van der Waals surface area contributed by atoms with Crippen molar-refractivity contribution in [3.05, 3.63) is 47.6 Å². The van der Waals surface area contributed by atoms with E-state index in [4.69, 9.17) is 10.3 Å². The predicted molar refractivity (Wildman–Crippen MR) is 77.2 cm³/mol. The minimum atomic E-state index is -0.136. The third-order valence-electron chi connectivity index (χ3n) is 4.13. The fourth-order valence-electron chi connectivity index (χ4n) is 2.65. The van der Waals surface area contributed by atoms with E-state index < -0.39 is 0 Å². The summed E-state index contributed by atoms with van der Waals surface area (Å²) < 4.78 is 5.39. The Morgan fingerprint density at radius 1 is 1.30 bits per heavy atom. The van der Waals surface area contributed by atoms with Gasteiger partial charge in [-0.05, 0) is 24.8 Å². The van der Waals surface area contributed by atoms with Gasteiger partial charge in [0.2, 0.25) is 5.89 Å². The van der Waals surface area contributed by atoms with Crippen molar-refractivity contribution in [2.24, 2.45) is 5.73 Å². The van der Waals surface area contributed by atoms with E-state index in [9.17, 15) is 0 Å². The summed E-state index contributed by atoms with van der Waals surface area (Å²) in [5.74, 6) is 1.38. The van der Waals surface area contributed by atoms with Crippen molar-refractivity contribution < 1.29 is 4.52 Å². The second kappa shape index (κ2) is 5.37. The van der Waals surface area contributed by atoms with Crippen molar-refractivity contribution in [3.63, 3.8) is 0 Å². The van der Waals surface area contributed by atoms with Gasteiger partial charge in [0.15, 0.2) is 5.82 Å². The zero-order valence-corrected chi connectivity index (χ0v) is 11.9. The fraction of sp³-hybridized carbons (Fsp3) is 0.500. The van der Waals surface area contributed by atoms with Crippen LogP contribution in [0.5, 0.6) is 0 Å². The molecule has 3 rings (SSSR count). The van der Waals surface area contributed by atoms with Crippen LogP contribution in [-0.4, -0.2) is 10.1 Å². The highest BCUT2D eigenvalue weighted by atomic mass is 16.5. The van der Waals surface area contributed by atoms with Gasteiger partial charge in [-0.15, -0.1) is 0 Å². The number of nitrogens with two attached hydrogens (primary N) is 1. The first-order valence-corrected chi connectivity index (χ1v) is 7.41. The summed E-state index contributed by atoms with van der Waals surface area (Å²) in [5.41, 5.74) is 7.34. The molecule has 0 unspecified atom stereocenters. The smallest absolute Gasteiger partial charge is 0.243 e. The highest BCUT2D eigenvalue weighted by molar-refractivity contribution is 5.38. The molecule has 1 heterocycles. The van der Waals surface area contributed by atoms with E-state index in [2.05, 4.69) is 41.3 Å². The quantitative estimate of drug-likeness (QED) is 0.875. The van der Waals surface area contributed by atoms with Crippen LogP contribution in [-0.2, 0) is 5.41 Å². The molecule has 1 aromatic carbocycles. The second-order valence-electron chi connectivity index (χ2n) is 5.65. The van der Waals surface area contributed by atoms with Crippen molar-refractivity contribution in [2.45, 2.75) is 50.5 Å². The van der Waals surface area contributed by atoms with Crippen molar-refractivity contribution >= 4 is 0 Å². The zero-order valence-electron chi connectivity index (χ0n) is 11.9. The number of rotatable bonds is 6. The van der Waals surface area contributed by atoms with E-state index in [-0.39, 0.29) is 11.5 Å². The Morgan fingerprint density at radius 3 is 2.70 bits per heavy atom. The van der Waals surface area contributed by atoms with Gasteiger partial charge in [0.25, 0.3) is 0 Å². The van der Waals surface area contributed by atoms with Crippen LogP contribution in [0, 0.1) is 0 Å². The van der Waals surface area contributed by atoms with Gasteiger partial charge in [-0.3, -0.25) is 0 Å². The largest absolute Gasteiger partial charge is 0.338 e. The lowest BCUT2D eigenvalue weighted by Crippen LogP contribution is -2.13. The summed E-state index contributed by atoms with van der Waals surface area (Å²) in [7, 11) is 0. The molecule has 1 aliphatic carbocycles. The van der Waals surface area contributed by atoms with Crippen LogP contribution in [0.2, 0.25) is 0 Å². The molecule has 106 valence electrons. The summed E-state index contributed by atoms with van der Waals surface area (Å²) >= 11 is 0. The van der Waals surface area contributed by atoms with Crippen LogP contribution < -0.4 is 5.73 Å². The monoisotopic (exact) mass is 271 g/mol. The van der Waals surface area contributed by atoms with Crippen LogP contribution >= 0.6 is 0 Å². The highest BCUT2D eigenvalue weighted by Crippen LogP contribution is 2.52. The first kappa shape index (κ1) is 13.3. The molecule has 1 saturated carbocycles. The molecule has 20 heavy (non-hydrogen) atoms. The van der Waals surface area contributed by atoms with Crippen molar-refractivity contribution in [2.75, 3.05) is 0 Å². The number of hydrogen-bond acceptors (Lipinski definition) is 4. The van der Waals surface area contributed by atoms with Gasteiger partial charge in [-0.2, -0.15) is 4.98 Å². The Labute approximate surface area is 119 Å². The third-order valence-corrected chi connectivity index (χ3v) is 4.13. The average molecular weight is 271 g/mol. The van der Waals surface area contributed by atoms with E-state index in [1.165, 1.54) is 5.56 Å². The maximum atomic E-state index is 6.10. The normalized spacial score (nSPS) is 17.9. The van der Waals surface area contributed by atoms with Gasteiger partial charge in [-0.1, -0.05) is 55.3 Å². The molecule has 0 bridgehead atoms. The minimum Gasteiger partial charge on any atom is -0.338 e. The molecule has 1 aromatic heterocycles. The lowest BCUT2D eigenvalue weighted by atomic mass is 9.95. The molecule has 2 N–H and O–H groups in total. The summed E-state index contributed by atoms with van der Waals surface area (Å²) in [6.07, 6.45) is 5.28. The third kappa shape index (κ3) is 2.36. The van der Waals surface area contributed by atoms with Gasteiger partial charge in [-0.25, -0.2) is 0 Å². The molecule has 0 spiro atoms. The zero-order chi connectivity index (χ0) is 14.0. The predicted octanol–water partition coefficient (Wildman–Crippen LogP) is 3.34. The number of benzene rings is 1. The van der Waals surface area contributed by atoms with Crippen LogP contribution in [0.15, 0.2) is 34.9 Å². The summed E-state index contributed by atoms with van der Waals surface area (Å²) in [5, 5.41) is 4.19. The van der Waals surface area contributed by atoms with E-state index in [1.807, 2.05) is 6.07 Å². The maximum Gasteiger partial charge on any atom is 0.243 e. The van der Waals surface area contributed by atoms with Gasteiger partial charge in [0.1, 0.15) is 0 Å². The second-order valence-corrected chi connectivity index (χ2v) is 5.65. The molecular formula is C16H21N3O. The Kier molecular flexibility index (Phi) is 3.57. The van der Waals surface area contributed by atoms with Crippen LogP contribution in [0.3, 0.4) is 0 Å². The van der Waals surface area contributed by atoms with Gasteiger partial charge in [0.05, 0.1) is 11.5 Å². The fourth-order valence-corrected chi connectivity index (χ4v) is 2.65. The number of unbranched alkanes of at least 4 members (excludes halogenated alkanes) is 1. The molecule has 0 radical (unpaired) electrons. The van der Waals surface area contributed by atoms with E-state index in [0.29, 0.717) is 5.89 Å². The maximum absolute atomic E-state index is 6.10. The van der Waals surface area contributed by atoms with Crippen LogP contribution in [0.4, 0.5) is 0 Å². The Balaban J connectivity index is 1.80. The molecule has 0 amide bonds. The summed E-state index contributed by atoms with van der Waals surface area (Å²) in [6, 6.07) is 10.3. The lowest BCUT2D eigenvalue weighted by molar-refractivity contribution is 0.341. The van der Waals surface area contributed by atoms with Crippen LogP contribution in [0.1, 0.15) is 62.3 Å². The number of aromatic nitrogens is 2. The molecule has 4 heteroatoms. The Morgan fingerprint density at radius 2 is 2.05 bits per heavy atom. The van der Waals surface area contributed by atoms with Crippen molar-refractivity contribution in [1.82, 2.24) is 10.1 Å². The first-order chi connectivity index (χ1) is 9.76. The minimum absolute atomic E-state index is 0.0342. The molecule has 4 nitrogen and oxygen atoms in total. The van der Waals surface area contributed by atoms with Gasteiger partial charge < -0.3 is 10.3 Å².